The van der Waals surface area contributed by atoms with Crippen molar-refractivity contribution in [3.8, 4) is 0 Å². The van der Waals surface area contributed by atoms with Crippen molar-refractivity contribution in [2.24, 2.45) is 0 Å². The van der Waals surface area contributed by atoms with Gasteiger partial charge in [0.1, 0.15) is 0 Å². The number of hydrogen-bond acceptors (Lipinski definition) is 4. The molecule has 0 aliphatic carbocycles. The number of nitrogens with one attached hydrogen (secondary N) is 1. The van der Waals surface area contributed by atoms with Crippen LogP contribution in [0.5, 0.6) is 0 Å². The summed E-state index contributed by atoms with van der Waals surface area (Å²) in [7, 11) is 0. The van der Waals surface area contributed by atoms with Gasteiger partial charge in [0.15, 0.2) is 0 Å². The van der Waals surface area contributed by atoms with Crippen molar-refractivity contribution in [2.45, 2.75) is 30.9 Å². The first kappa shape index (κ1) is 15.7. The van der Waals surface area contributed by atoms with Crippen molar-refractivity contribution in [3.05, 3.63) is 52.7 Å². The van der Waals surface area contributed by atoms with Crippen LogP contribution in [-0.2, 0) is 4.74 Å². The minimum Gasteiger partial charge on any atom is -0.380 e. The van der Waals surface area contributed by atoms with Crippen molar-refractivity contribution in [1.29, 1.82) is 0 Å². The van der Waals surface area contributed by atoms with E-state index in [9.17, 15) is 4.79 Å². The van der Waals surface area contributed by atoms with E-state index in [1.54, 1.807) is 11.3 Å². The highest BCUT2D eigenvalue weighted by atomic mass is 32.1. The van der Waals surface area contributed by atoms with Crippen molar-refractivity contribution < 1.29 is 9.53 Å². The number of hydrogen-bond donors (Lipinski definition) is 1. The highest BCUT2D eigenvalue weighted by Gasteiger charge is 2.44. The number of piperidine rings is 1. The van der Waals surface area contributed by atoms with Gasteiger partial charge >= 0.3 is 0 Å². The van der Waals surface area contributed by atoms with Gasteiger partial charge in [0.2, 0.25) is 0 Å². The first-order chi connectivity index (χ1) is 11.7. The Morgan fingerprint density at radius 3 is 2.96 bits per heavy atom. The Kier molecular flexibility index (Phi) is 4.29. The summed E-state index contributed by atoms with van der Waals surface area (Å²) in [6, 6.07) is 12.5. The number of likely N-dealkylation sites (tertiary alicyclic amines) is 1. The molecule has 126 valence electrons. The molecular formula is C19H22N2O2S. The maximum atomic E-state index is 12.6. The fourth-order valence-corrected chi connectivity index (χ4v) is 4.46. The fourth-order valence-electron chi connectivity index (χ4n) is 3.83. The van der Waals surface area contributed by atoms with Gasteiger partial charge in [-0.3, -0.25) is 4.79 Å². The molecule has 24 heavy (non-hydrogen) atoms. The molecule has 1 aromatic heterocycles. The monoisotopic (exact) mass is 342 g/mol. The highest BCUT2D eigenvalue weighted by molar-refractivity contribution is 7.08. The van der Waals surface area contributed by atoms with Crippen LogP contribution in [0, 0.1) is 0 Å². The Balaban J connectivity index is 1.41. The standard InChI is InChI=1S/C19H22N2O2S/c22-18(15-7-10-24-13-15)21-9-4-8-19(14-21)11-17(12-23-19)20-16-5-2-1-3-6-16/h1-3,5-7,10,13,17,20H,4,8-9,11-12,14H2/t17-,19-/m0/s1. The number of carbonyl (C=O) groups excluding carboxylic acids is 1. The Labute approximate surface area is 146 Å². The van der Waals surface area contributed by atoms with E-state index >= 15 is 0 Å². The molecule has 3 heterocycles. The predicted octanol–water partition coefficient (Wildman–Crippen LogP) is 3.62. The Hall–Kier alpha value is -1.85. The minimum absolute atomic E-state index is 0.137. The zero-order valence-corrected chi connectivity index (χ0v) is 14.4. The molecule has 4 nitrogen and oxygen atoms in total. The number of nitrogens with zero attached hydrogens (tertiary/aromatic N) is 1. The summed E-state index contributed by atoms with van der Waals surface area (Å²) in [5.41, 5.74) is 1.75. The maximum Gasteiger partial charge on any atom is 0.254 e. The van der Waals surface area contributed by atoms with E-state index in [-0.39, 0.29) is 11.5 Å². The number of thiophene rings is 1. The summed E-state index contributed by atoms with van der Waals surface area (Å²) < 4.78 is 6.21. The number of anilines is 1. The number of para-hydroxylation sites is 1. The molecule has 2 saturated heterocycles. The lowest BCUT2D eigenvalue weighted by atomic mass is 9.88. The summed E-state index contributed by atoms with van der Waals surface area (Å²) in [6.07, 6.45) is 3.00. The van der Waals surface area contributed by atoms with Crippen LogP contribution >= 0.6 is 11.3 Å². The second kappa shape index (κ2) is 6.57. The van der Waals surface area contributed by atoms with Gasteiger partial charge in [0.25, 0.3) is 5.91 Å². The van der Waals surface area contributed by atoms with Crippen molar-refractivity contribution in [2.75, 3.05) is 25.0 Å². The van der Waals surface area contributed by atoms with Gasteiger partial charge in [-0.1, -0.05) is 18.2 Å². The van der Waals surface area contributed by atoms with Crippen LogP contribution in [0.4, 0.5) is 5.69 Å². The Morgan fingerprint density at radius 2 is 2.17 bits per heavy atom. The van der Waals surface area contributed by atoms with Crippen molar-refractivity contribution in [1.82, 2.24) is 4.90 Å². The molecule has 2 atom stereocenters. The third kappa shape index (κ3) is 3.19. The zero-order chi connectivity index (χ0) is 16.4. The summed E-state index contributed by atoms with van der Waals surface area (Å²) in [6.45, 7) is 2.24. The van der Waals surface area contributed by atoms with Crippen LogP contribution in [0.15, 0.2) is 47.2 Å². The molecular weight excluding hydrogens is 320 g/mol. The fraction of sp³-hybridized carbons (Fsp3) is 0.421. The number of ether oxygens (including phenoxy) is 1. The van der Waals surface area contributed by atoms with Gasteiger partial charge in [-0.15, -0.1) is 0 Å². The lowest BCUT2D eigenvalue weighted by Crippen LogP contribution is -2.50. The molecule has 5 heteroatoms. The third-order valence-electron chi connectivity index (χ3n) is 4.95. The van der Waals surface area contributed by atoms with E-state index < -0.39 is 0 Å². The van der Waals surface area contributed by atoms with E-state index in [4.69, 9.17) is 4.74 Å². The van der Waals surface area contributed by atoms with Gasteiger partial charge in [-0.25, -0.2) is 0 Å². The summed E-state index contributed by atoms with van der Waals surface area (Å²) in [5, 5.41) is 7.44. The molecule has 2 aromatic rings. The molecule has 0 saturated carbocycles. The van der Waals surface area contributed by atoms with E-state index in [1.807, 2.05) is 39.9 Å². The lowest BCUT2D eigenvalue weighted by molar-refractivity contribution is -0.0447. The molecule has 1 amide bonds. The number of amides is 1. The molecule has 1 spiro atoms. The van der Waals surface area contributed by atoms with Crippen LogP contribution in [-0.4, -0.2) is 42.1 Å². The van der Waals surface area contributed by atoms with Crippen molar-refractivity contribution in [3.63, 3.8) is 0 Å². The molecule has 0 radical (unpaired) electrons. The van der Waals surface area contributed by atoms with Crippen LogP contribution in [0.25, 0.3) is 0 Å². The Bertz CT molecular complexity index is 689. The molecule has 2 aliphatic heterocycles. The summed E-state index contributed by atoms with van der Waals surface area (Å²) >= 11 is 1.57. The first-order valence-electron chi connectivity index (χ1n) is 8.51. The van der Waals surface area contributed by atoms with Gasteiger partial charge in [-0.2, -0.15) is 11.3 Å². The number of carbonyl (C=O) groups is 1. The van der Waals surface area contributed by atoms with Crippen LogP contribution in [0.2, 0.25) is 0 Å². The number of rotatable bonds is 3. The molecule has 1 aromatic carbocycles. The highest BCUT2D eigenvalue weighted by Crippen LogP contribution is 2.36. The predicted molar refractivity (Wildman–Crippen MR) is 96.6 cm³/mol. The van der Waals surface area contributed by atoms with E-state index in [2.05, 4.69) is 17.4 Å². The summed E-state index contributed by atoms with van der Waals surface area (Å²) in [4.78, 5) is 14.6. The van der Waals surface area contributed by atoms with Gasteiger partial charge in [0, 0.05) is 24.0 Å². The number of benzene rings is 1. The maximum absolute atomic E-state index is 12.6. The normalized spacial score (nSPS) is 26.7. The van der Waals surface area contributed by atoms with Gasteiger partial charge in [0.05, 0.1) is 30.4 Å². The van der Waals surface area contributed by atoms with Crippen LogP contribution in [0.1, 0.15) is 29.6 Å². The minimum atomic E-state index is -0.184. The van der Waals surface area contributed by atoms with E-state index in [0.717, 1.165) is 37.1 Å². The topological polar surface area (TPSA) is 41.6 Å². The molecule has 0 bridgehead atoms. The summed E-state index contributed by atoms with van der Waals surface area (Å²) in [5.74, 6) is 0.137. The SMILES string of the molecule is O=C(c1ccsc1)N1CCC[C@]2(C[C@H](Nc3ccccc3)CO2)C1. The molecule has 4 rings (SSSR count). The van der Waals surface area contributed by atoms with E-state index in [0.29, 0.717) is 19.2 Å². The lowest BCUT2D eigenvalue weighted by Gasteiger charge is -2.39. The second-order valence-electron chi connectivity index (χ2n) is 6.75. The molecule has 2 aliphatic rings. The van der Waals surface area contributed by atoms with Crippen LogP contribution in [0.3, 0.4) is 0 Å². The largest absolute Gasteiger partial charge is 0.380 e. The quantitative estimate of drug-likeness (QED) is 0.926. The first-order valence-corrected chi connectivity index (χ1v) is 9.45. The molecule has 2 fully saturated rings. The Morgan fingerprint density at radius 1 is 1.29 bits per heavy atom. The smallest absolute Gasteiger partial charge is 0.254 e. The van der Waals surface area contributed by atoms with Gasteiger partial charge < -0.3 is 15.0 Å². The van der Waals surface area contributed by atoms with Crippen molar-refractivity contribution >= 4 is 22.9 Å². The van der Waals surface area contributed by atoms with E-state index in [1.165, 1.54) is 0 Å². The molecule has 0 unspecified atom stereocenters. The third-order valence-corrected chi connectivity index (χ3v) is 5.63. The van der Waals surface area contributed by atoms with Crippen LogP contribution < -0.4 is 5.32 Å². The second-order valence-corrected chi connectivity index (χ2v) is 7.53. The average molecular weight is 342 g/mol. The average Bonchev–Trinajstić information content (AvgIpc) is 3.26. The van der Waals surface area contributed by atoms with Gasteiger partial charge in [-0.05, 0) is 36.4 Å². The molecule has 1 N–H and O–H groups in total. The zero-order valence-electron chi connectivity index (χ0n) is 13.6.